The molecule has 1 aliphatic carbocycles. The Bertz CT molecular complexity index is 1060. The molecule has 1 saturated carbocycles. The van der Waals surface area contributed by atoms with Gasteiger partial charge in [-0.25, -0.2) is 0 Å². The van der Waals surface area contributed by atoms with Crippen molar-refractivity contribution in [2.45, 2.75) is 69.5 Å². The summed E-state index contributed by atoms with van der Waals surface area (Å²) in [6.07, 6.45) is 4.91. The average molecular weight is 488 g/mol. The number of amides is 1. The molecule has 0 spiro atoms. The Balaban J connectivity index is 1.37. The van der Waals surface area contributed by atoms with Crippen LogP contribution >= 0.6 is 0 Å². The molecule has 1 atom stereocenters. The van der Waals surface area contributed by atoms with E-state index in [1.54, 1.807) is 0 Å². The average Bonchev–Trinajstić information content (AvgIpc) is 2.89. The van der Waals surface area contributed by atoms with Crippen LogP contribution in [-0.4, -0.2) is 60.5 Å². The lowest BCUT2D eigenvalue weighted by atomic mass is 9.81. The van der Waals surface area contributed by atoms with Gasteiger partial charge < -0.3 is 16.0 Å². The van der Waals surface area contributed by atoms with Gasteiger partial charge in [0.1, 0.15) is 6.04 Å². The summed E-state index contributed by atoms with van der Waals surface area (Å²) in [7, 11) is 2.19. The van der Waals surface area contributed by atoms with Crippen molar-refractivity contribution < 1.29 is 4.79 Å². The molecule has 2 aromatic carbocycles. The van der Waals surface area contributed by atoms with Gasteiger partial charge in [0.2, 0.25) is 5.91 Å². The van der Waals surface area contributed by atoms with Crippen LogP contribution in [0.25, 0.3) is 11.1 Å². The number of piperazine rings is 1. The lowest BCUT2D eigenvalue weighted by molar-refractivity contribution is -0.127. The molecule has 1 unspecified atom stereocenters. The van der Waals surface area contributed by atoms with Gasteiger partial charge in [-0.15, -0.1) is 0 Å². The molecule has 0 aromatic heterocycles. The van der Waals surface area contributed by atoms with Gasteiger partial charge >= 0.3 is 0 Å². The molecule has 3 N–H and O–H groups in total. The zero-order valence-electron chi connectivity index (χ0n) is 22.1. The molecule has 1 heterocycles. The summed E-state index contributed by atoms with van der Waals surface area (Å²) in [4.78, 5) is 17.7. The fourth-order valence-corrected chi connectivity index (χ4v) is 5.53. The standard InChI is InChI=1S/C30H41N5O/c1-29(2,35-19-17-34(3)18-20-35)26-13-11-25(12-14-26)24-9-7-23(8-10-24)21-27(22-31)33-28(36)30(32)15-5-4-6-16-30/h7-14,27H,4-6,15-21,32H2,1-3H3,(H,33,36). The molecular weight excluding hydrogens is 446 g/mol. The van der Waals surface area contributed by atoms with Crippen molar-refractivity contribution >= 4 is 5.91 Å². The van der Waals surface area contributed by atoms with Crippen LogP contribution in [0.4, 0.5) is 0 Å². The van der Waals surface area contributed by atoms with Crippen molar-refractivity contribution in [1.82, 2.24) is 15.1 Å². The minimum atomic E-state index is -0.831. The van der Waals surface area contributed by atoms with E-state index in [0.717, 1.165) is 56.6 Å². The van der Waals surface area contributed by atoms with Crippen LogP contribution in [0.2, 0.25) is 0 Å². The van der Waals surface area contributed by atoms with Crippen LogP contribution in [-0.2, 0) is 16.8 Å². The zero-order chi connectivity index (χ0) is 25.8. The monoisotopic (exact) mass is 487 g/mol. The van der Waals surface area contributed by atoms with E-state index in [9.17, 15) is 10.1 Å². The molecular formula is C30H41N5O. The summed E-state index contributed by atoms with van der Waals surface area (Å²) in [6.45, 7) is 9.02. The molecule has 1 saturated heterocycles. The van der Waals surface area contributed by atoms with Gasteiger partial charge in [0.05, 0.1) is 11.6 Å². The van der Waals surface area contributed by atoms with E-state index in [-0.39, 0.29) is 11.4 Å². The van der Waals surface area contributed by atoms with Crippen LogP contribution in [0.1, 0.15) is 57.1 Å². The first-order chi connectivity index (χ1) is 17.2. The van der Waals surface area contributed by atoms with E-state index >= 15 is 0 Å². The van der Waals surface area contributed by atoms with Crippen molar-refractivity contribution in [1.29, 1.82) is 5.26 Å². The van der Waals surface area contributed by atoms with Gasteiger partial charge in [-0.05, 0) is 56.0 Å². The Morgan fingerprint density at radius 1 is 1.00 bits per heavy atom. The minimum Gasteiger partial charge on any atom is -0.338 e. The van der Waals surface area contributed by atoms with E-state index in [1.165, 1.54) is 11.1 Å². The van der Waals surface area contributed by atoms with Crippen LogP contribution in [0.5, 0.6) is 0 Å². The van der Waals surface area contributed by atoms with Crippen LogP contribution in [0.15, 0.2) is 48.5 Å². The largest absolute Gasteiger partial charge is 0.338 e. The fraction of sp³-hybridized carbons (Fsp3) is 0.533. The highest BCUT2D eigenvalue weighted by atomic mass is 16.2. The number of carbonyl (C=O) groups is 1. The normalized spacial score (nSPS) is 19.9. The van der Waals surface area contributed by atoms with E-state index in [4.69, 9.17) is 5.73 Å². The van der Waals surface area contributed by atoms with Crippen LogP contribution in [0.3, 0.4) is 0 Å². The molecule has 4 rings (SSSR count). The second-order valence-electron chi connectivity index (χ2n) is 11.2. The number of nitriles is 1. The zero-order valence-corrected chi connectivity index (χ0v) is 22.1. The predicted octanol–water partition coefficient (Wildman–Crippen LogP) is 4.05. The number of hydrogen-bond acceptors (Lipinski definition) is 5. The van der Waals surface area contributed by atoms with Crippen molar-refractivity contribution in [3.63, 3.8) is 0 Å². The SMILES string of the molecule is CN1CCN(C(C)(C)c2ccc(-c3ccc(CC(C#N)NC(=O)C4(N)CCCCC4)cc3)cc2)CC1. The number of hydrogen-bond donors (Lipinski definition) is 2. The van der Waals surface area contributed by atoms with Gasteiger partial charge in [0.15, 0.2) is 0 Å². The maximum Gasteiger partial charge on any atom is 0.241 e. The summed E-state index contributed by atoms with van der Waals surface area (Å²) in [5.41, 5.74) is 10.2. The highest BCUT2D eigenvalue weighted by molar-refractivity contribution is 5.86. The maximum atomic E-state index is 12.7. The van der Waals surface area contributed by atoms with Gasteiger partial charge in [-0.3, -0.25) is 9.69 Å². The molecule has 1 aliphatic heterocycles. The number of carbonyl (C=O) groups excluding carboxylic acids is 1. The molecule has 2 aromatic rings. The lowest BCUT2D eigenvalue weighted by Crippen LogP contribution is -2.57. The van der Waals surface area contributed by atoms with E-state index < -0.39 is 11.6 Å². The van der Waals surface area contributed by atoms with Crippen molar-refractivity contribution in [2.24, 2.45) is 5.73 Å². The molecule has 2 aliphatic rings. The van der Waals surface area contributed by atoms with Crippen molar-refractivity contribution in [3.8, 4) is 17.2 Å². The Morgan fingerprint density at radius 2 is 1.56 bits per heavy atom. The van der Waals surface area contributed by atoms with Crippen molar-refractivity contribution in [2.75, 3.05) is 33.2 Å². The third-order valence-corrected chi connectivity index (χ3v) is 8.27. The summed E-state index contributed by atoms with van der Waals surface area (Å²) in [5.74, 6) is -0.190. The smallest absolute Gasteiger partial charge is 0.241 e. The molecule has 6 nitrogen and oxygen atoms in total. The van der Waals surface area contributed by atoms with Crippen molar-refractivity contribution in [3.05, 3.63) is 59.7 Å². The van der Waals surface area contributed by atoms with Gasteiger partial charge in [0.25, 0.3) is 0 Å². The predicted molar refractivity (Wildman–Crippen MR) is 145 cm³/mol. The molecule has 0 radical (unpaired) electrons. The first-order valence-corrected chi connectivity index (χ1v) is 13.3. The number of nitrogens with two attached hydrogens (primary N) is 1. The van der Waals surface area contributed by atoms with Crippen LogP contribution < -0.4 is 11.1 Å². The number of benzene rings is 2. The second-order valence-corrected chi connectivity index (χ2v) is 11.2. The molecule has 36 heavy (non-hydrogen) atoms. The fourth-order valence-electron chi connectivity index (χ4n) is 5.53. The summed E-state index contributed by atoms with van der Waals surface area (Å²) >= 11 is 0. The van der Waals surface area contributed by atoms with E-state index in [2.05, 4.69) is 78.5 Å². The van der Waals surface area contributed by atoms with Gasteiger partial charge in [0, 0.05) is 38.1 Å². The highest BCUT2D eigenvalue weighted by Gasteiger charge is 2.36. The minimum absolute atomic E-state index is 0.000122. The topological polar surface area (TPSA) is 85.4 Å². The summed E-state index contributed by atoms with van der Waals surface area (Å²) < 4.78 is 0. The number of nitrogens with zero attached hydrogens (tertiary/aromatic N) is 3. The first kappa shape index (κ1) is 26.3. The summed E-state index contributed by atoms with van der Waals surface area (Å²) in [6, 6.07) is 18.8. The van der Waals surface area contributed by atoms with E-state index in [0.29, 0.717) is 19.3 Å². The Hall–Kier alpha value is -2.72. The molecule has 6 heteroatoms. The highest BCUT2D eigenvalue weighted by Crippen LogP contribution is 2.31. The Labute approximate surface area is 216 Å². The van der Waals surface area contributed by atoms with Crippen LogP contribution in [0, 0.1) is 11.3 Å². The number of nitrogens with one attached hydrogen (secondary N) is 1. The quantitative estimate of drug-likeness (QED) is 0.616. The third kappa shape index (κ3) is 5.98. The molecule has 192 valence electrons. The molecule has 0 bridgehead atoms. The van der Waals surface area contributed by atoms with Gasteiger partial charge in [-0.1, -0.05) is 67.8 Å². The summed E-state index contributed by atoms with van der Waals surface area (Å²) in [5, 5.41) is 12.5. The Kier molecular flexibility index (Phi) is 8.14. The Morgan fingerprint density at radius 3 is 2.11 bits per heavy atom. The lowest BCUT2D eigenvalue weighted by Gasteiger charge is -2.43. The van der Waals surface area contributed by atoms with Gasteiger partial charge in [-0.2, -0.15) is 5.26 Å². The van der Waals surface area contributed by atoms with E-state index in [1.807, 2.05) is 12.1 Å². The molecule has 1 amide bonds. The number of rotatable bonds is 7. The molecule has 2 fully saturated rings. The first-order valence-electron chi connectivity index (χ1n) is 13.3. The number of likely N-dealkylation sites (N-methyl/N-ethyl adjacent to an activating group) is 1. The maximum absolute atomic E-state index is 12.7. The second kappa shape index (κ2) is 11.1. The third-order valence-electron chi connectivity index (χ3n) is 8.27.